The molecule has 3 aromatic rings. The summed E-state index contributed by atoms with van der Waals surface area (Å²) < 4.78 is 61.1. The molecule has 0 radical (unpaired) electrons. The molecule has 0 aliphatic heterocycles. The lowest BCUT2D eigenvalue weighted by atomic mass is 10.1. The number of nitriles is 1. The van der Waals surface area contributed by atoms with E-state index >= 15 is 0 Å². The molecule has 11 heteroatoms. The van der Waals surface area contributed by atoms with Crippen molar-refractivity contribution in [3.8, 4) is 11.8 Å². The van der Waals surface area contributed by atoms with Gasteiger partial charge >= 0.3 is 0 Å². The van der Waals surface area contributed by atoms with Gasteiger partial charge in [0, 0.05) is 6.07 Å². The Balaban J connectivity index is 2.15. The predicted octanol–water partition coefficient (Wildman–Crippen LogP) is 4.66. The summed E-state index contributed by atoms with van der Waals surface area (Å²) in [6.45, 7) is 1.57. The second-order valence-electron chi connectivity index (χ2n) is 6.13. The molecule has 3 rings (SSSR count). The molecule has 0 aliphatic rings. The molecule has 1 aromatic heterocycles. The van der Waals surface area contributed by atoms with Crippen molar-refractivity contribution in [3.63, 3.8) is 0 Å². The average Bonchev–Trinajstić information content (AvgIpc) is 3.12. The van der Waals surface area contributed by atoms with Crippen LogP contribution in [0.4, 0.5) is 13.9 Å². The molecule has 0 bridgehead atoms. The van der Waals surface area contributed by atoms with E-state index in [1.165, 1.54) is 19.4 Å². The summed E-state index contributed by atoms with van der Waals surface area (Å²) in [6.07, 6.45) is 1.27. The highest BCUT2D eigenvalue weighted by Crippen LogP contribution is 2.34. The first-order chi connectivity index (χ1) is 14.2. The van der Waals surface area contributed by atoms with E-state index < -0.39 is 32.1 Å². The maximum absolute atomic E-state index is 14.4. The van der Waals surface area contributed by atoms with Crippen molar-refractivity contribution in [2.75, 3.05) is 11.4 Å². The van der Waals surface area contributed by atoms with Gasteiger partial charge in [-0.15, -0.1) is 0 Å². The number of halogens is 3. The Hall–Kier alpha value is -2.74. The summed E-state index contributed by atoms with van der Waals surface area (Å²) in [4.78, 5) is 3.17. The molecule has 0 saturated heterocycles. The quantitative estimate of drug-likeness (QED) is 0.524. The van der Waals surface area contributed by atoms with Crippen LogP contribution in [0.2, 0.25) is 4.34 Å². The topological polar surface area (TPSA) is 83.3 Å². The van der Waals surface area contributed by atoms with E-state index in [1.54, 1.807) is 25.1 Å². The van der Waals surface area contributed by atoms with E-state index in [0.29, 0.717) is 23.4 Å². The Kier molecular flexibility index (Phi) is 6.26. The molecule has 0 saturated carbocycles. The Morgan fingerprint density at radius 1 is 1.27 bits per heavy atom. The molecule has 0 spiro atoms. The maximum Gasteiger partial charge on any atom is 0.269 e. The number of aromatic nitrogens is 1. The fourth-order valence-electron chi connectivity index (χ4n) is 2.68. The van der Waals surface area contributed by atoms with Gasteiger partial charge in [0.1, 0.15) is 32.7 Å². The van der Waals surface area contributed by atoms with Crippen LogP contribution in [-0.2, 0) is 16.6 Å². The highest BCUT2D eigenvalue weighted by atomic mass is 35.5. The number of methoxy groups -OCH3 is 1. The number of hydrogen-bond acceptors (Lipinski definition) is 6. The summed E-state index contributed by atoms with van der Waals surface area (Å²) in [5.41, 5.74) is 0.746. The molecule has 0 atom stereocenters. The van der Waals surface area contributed by atoms with E-state index in [1.807, 2.05) is 0 Å². The Labute approximate surface area is 181 Å². The van der Waals surface area contributed by atoms with Gasteiger partial charge in [-0.2, -0.15) is 5.26 Å². The Morgan fingerprint density at radius 2 is 2.00 bits per heavy atom. The van der Waals surface area contributed by atoms with Crippen LogP contribution in [0.15, 0.2) is 41.4 Å². The molecule has 0 fully saturated rings. The number of aryl methyl sites for hydroxylation is 1. The second kappa shape index (κ2) is 8.55. The van der Waals surface area contributed by atoms with Crippen molar-refractivity contribution in [1.82, 2.24) is 4.98 Å². The SMILES string of the molecule is COc1ccc(CN(c2ncc(Cl)s2)S(=O)(=O)c2cc(C#N)c(F)cc2F)c(C)c1. The van der Waals surface area contributed by atoms with Crippen LogP contribution >= 0.6 is 22.9 Å². The van der Waals surface area contributed by atoms with Gasteiger partial charge in [-0.25, -0.2) is 26.5 Å². The van der Waals surface area contributed by atoms with Gasteiger partial charge < -0.3 is 4.74 Å². The van der Waals surface area contributed by atoms with Gasteiger partial charge in [0.2, 0.25) is 5.13 Å². The minimum atomic E-state index is -4.55. The zero-order valence-electron chi connectivity index (χ0n) is 15.7. The number of anilines is 1. The van der Waals surface area contributed by atoms with E-state index in [-0.39, 0.29) is 16.0 Å². The first kappa shape index (κ1) is 22.0. The third kappa shape index (κ3) is 4.23. The van der Waals surface area contributed by atoms with Gasteiger partial charge in [0.05, 0.1) is 25.4 Å². The van der Waals surface area contributed by atoms with Gasteiger partial charge in [0.25, 0.3) is 10.0 Å². The summed E-state index contributed by atoms with van der Waals surface area (Å²) in [6, 6.07) is 7.62. The van der Waals surface area contributed by atoms with Crippen LogP contribution in [-0.4, -0.2) is 20.5 Å². The number of benzene rings is 2. The van der Waals surface area contributed by atoms with Crippen molar-refractivity contribution in [2.45, 2.75) is 18.4 Å². The lowest BCUT2D eigenvalue weighted by molar-refractivity contribution is 0.414. The zero-order valence-corrected chi connectivity index (χ0v) is 18.1. The largest absolute Gasteiger partial charge is 0.497 e. The van der Waals surface area contributed by atoms with Crippen molar-refractivity contribution < 1.29 is 21.9 Å². The first-order valence-corrected chi connectivity index (χ1v) is 11.0. The van der Waals surface area contributed by atoms with Crippen LogP contribution in [0.25, 0.3) is 0 Å². The fraction of sp³-hybridized carbons (Fsp3) is 0.158. The average molecular weight is 470 g/mol. The van der Waals surface area contributed by atoms with E-state index in [2.05, 4.69) is 4.98 Å². The lowest BCUT2D eigenvalue weighted by Gasteiger charge is -2.23. The molecule has 156 valence electrons. The molecular formula is C19H14ClF2N3O3S2. The zero-order chi connectivity index (χ0) is 22.1. The van der Waals surface area contributed by atoms with Crippen LogP contribution in [0.5, 0.6) is 5.75 Å². The van der Waals surface area contributed by atoms with E-state index in [0.717, 1.165) is 21.2 Å². The van der Waals surface area contributed by atoms with Gasteiger partial charge in [-0.1, -0.05) is 29.0 Å². The van der Waals surface area contributed by atoms with E-state index in [4.69, 9.17) is 21.6 Å². The van der Waals surface area contributed by atoms with Gasteiger partial charge in [-0.3, -0.25) is 0 Å². The monoisotopic (exact) mass is 469 g/mol. The first-order valence-electron chi connectivity index (χ1n) is 8.34. The molecule has 0 N–H and O–H groups in total. The smallest absolute Gasteiger partial charge is 0.269 e. The van der Waals surface area contributed by atoms with Gasteiger partial charge in [-0.05, 0) is 36.2 Å². The summed E-state index contributed by atoms with van der Waals surface area (Å²) in [5, 5.41) is 9.02. The molecule has 0 unspecified atom stereocenters. The number of sulfonamides is 1. The molecule has 6 nitrogen and oxygen atoms in total. The Bertz CT molecular complexity index is 1260. The minimum Gasteiger partial charge on any atom is -0.497 e. The maximum atomic E-state index is 14.4. The number of rotatable bonds is 6. The number of hydrogen-bond donors (Lipinski definition) is 0. The summed E-state index contributed by atoms with van der Waals surface area (Å²) in [7, 11) is -3.05. The van der Waals surface area contributed by atoms with Crippen LogP contribution in [0.3, 0.4) is 0 Å². The minimum absolute atomic E-state index is 0.00236. The molecule has 0 amide bonds. The molecule has 30 heavy (non-hydrogen) atoms. The van der Waals surface area contributed by atoms with E-state index in [9.17, 15) is 17.2 Å². The summed E-state index contributed by atoms with van der Waals surface area (Å²) in [5.74, 6) is -1.87. The third-order valence-corrected chi connectivity index (χ3v) is 7.26. The van der Waals surface area contributed by atoms with Crippen molar-refractivity contribution >= 4 is 38.1 Å². The van der Waals surface area contributed by atoms with Gasteiger partial charge in [0.15, 0.2) is 0 Å². The second-order valence-corrected chi connectivity index (χ2v) is 9.60. The molecule has 0 aliphatic carbocycles. The molecule has 2 aromatic carbocycles. The lowest BCUT2D eigenvalue weighted by Crippen LogP contribution is -2.31. The Morgan fingerprint density at radius 3 is 2.57 bits per heavy atom. The van der Waals surface area contributed by atoms with Crippen molar-refractivity contribution in [2.24, 2.45) is 0 Å². The normalized spacial score (nSPS) is 11.2. The highest BCUT2D eigenvalue weighted by molar-refractivity contribution is 7.93. The fourth-order valence-corrected chi connectivity index (χ4v) is 5.26. The highest BCUT2D eigenvalue weighted by Gasteiger charge is 2.32. The number of nitrogens with zero attached hydrogens (tertiary/aromatic N) is 3. The predicted molar refractivity (Wildman–Crippen MR) is 109 cm³/mol. The molecular weight excluding hydrogens is 456 g/mol. The standard InChI is InChI=1S/C19H14ClF2N3O3S2/c1-11-5-14(28-2)4-3-12(11)10-25(19-24-9-18(20)29-19)30(26,27)17-6-13(8-23)15(21)7-16(17)22/h3-7,9H,10H2,1-2H3. The van der Waals surface area contributed by atoms with Crippen molar-refractivity contribution in [1.29, 1.82) is 5.26 Å². The number of thiazole rings is 1. The van der Waals surface area contributed by atoms with Crippen LogP contribution < -0.4 is 9.04 Å². The summed E-state index contributed by atoms with van der Waals surface area (Å²) >= 11 is 6.81. The van der Waals surface area contributed by atoms with Crippen LogP contribution in [0, 0.1) is 29.9 Å². The number of ether oxygens (including phenoxy) is 1. The molecule has 1 heterocycles. The van der Waals surface area contributed by atoms with Crippen molar-refractivity contribution in [3.05, 3.63) is 69.2 Å². The van der Waals surface area contributed by atoms with Crippen LogP contribution in [0.1, 0.15) is 16.7 Å². The third-order valence-electron chi connectivity index (χ3n) is 4.25.